The van der Waals surface area contributed by atoms with Crippen LogP contribution in [0.2, 0.25) is 5.02 Å². The number of ether oxygens (including phenoxy) is 1. The van der Waals surface area contributed by atoms with Crippen molar-refractivity contribution < 1.29 is 18.3 Å². The van der Waals surface area contributed by atoms with Gasteiger partial charge in [0.05, 0.1) is 29.2 Å². The van der Waals surface area contributed by atoms with Crippen LogP contribution in [0.25, 0.3) is 10.6 Å². The molecule has 0 saturated carbocycles. The summed E-state index contributed by atoms with van der Waals surface area (Å²) in [7, 11) is 1.72. The highest BCUT2D eigenvalue weighted by atomic mass is 35.5. The molecule has 31 heavy (non-hydrogen) atoms. The number of rotatable bonds is 4. The summed E-state index contributed by atoms with van der Waals surface area (Å²) >= 11 is 6.97. The molecule has 0 bridgehead atoms. The normalized spacial score (nSPS) is 21.6. The number of aromatic nitrogens is 3. The van der Waals surface area contributed by atoms with Crippen LogP contribution in [0.5, 0.6) is 0 Å². The lowest BCUT2D eigenvalue weighted by Crippen LogP contribution is -2.32. The van der Waals surface area contributed by atoms with Gasteiger partial charge in [0.25, 0.3) is 5.91 Å². The van der Waals surface area contributed by atoms with Gasteiger partial charge in [-0.1, -0.05) is 17.7 Å². The molecular formula is C20H20ClF2N5O2S. The molecule has 11 heteroatoms. The van der Waals surface area contributed by atoms with Gasteiger partial charge >= 0.3 is 0 Å². The summed E-state index contributed by atoms with van der Waals surface area (Å²) in [5.41, 5.74) is 7.21. The third kappa shape index (κ3) is 4.47. The number of thiazole rings is 1. The zero-order chi connectivity index (χ0) is 22.1. The molecule has 0 spiro atoms. The summed E-state index contributed by atoms with van der Waals surface area (Å²) in [5, 5.41) is 8.83. The first-order valence-corrected chi connectivity index (χ1v) is 10.8. The Morgan fingerprint density at radius 2 is 2.23 bits per heavy atom. The first kappa shape index (κ1) is 21.8. The van der Waals surface area contributed by atoms with Crippen molar-refractivity contribution in [2.45, 2.75) is 31.2 Å². The van der Waals surface area contributed by atoms with E-state index in [9.17, 15) is 13.6 Å². The van der Waals surface area contributed by atoms with Gasteiger partial charge in [-0.2, -0.15) is 5.10 Å². The Morgan fingerprint density at radius 1 is 1.42 bits per heavy atom. The Morgan fingerprint density at radius 3 is 3.03 bits per heavy atom. The summed E-state index contributed by atoms with van der Waals surface area (Å²) in [6, 6.07) is 4.02. The topological polar surface area (TPSA) is 95.1 Å². The number of halogens is 3. The lowest BCUT2D eigenvalue weighted by atomic mass is 10.0. The van der Waals surface area contributed by atoms with Gasteiger partial charge in [-0.05, 0) is 25.0 Å². The average Bonchev–Trinajstić information content (AvgIpc) is 3.33. The Labute approximate surface area is 186 Å². The fourth-order valence-corrected chi connectivity index (χ4v) is 4.43. The molecule has 3 atom stereocenters. The SMILES string of the molecule is Cn1ncc(NC(=O)c2csc(-c3cccc(Cl)c3F)n2)c1[C@@H]1CC[C@@H](N)[C@@H](F)CO1. The van der Waals surface area contributed by atoms with Gasteiger partial charge in [0, 0.05) is 24.0 Å². The molecule has 0 unspecified atom stereocenters. The average molecular weight is 468 g/mol. The second kappa shape index (κ2) is 8.99. The molecule has 1 amide bonds. The van der Waals surface area contributed by atoms with Crippen LogP contribution in [0.1, 0.15) is 35.1 Å². The van der Waals surface area contributed by atoms with Crippen LogP contribution in [0.15, 0.2) is 29.8 Å². The molecule has 4 rings (SSSR count). The van der Waals surface area contributed by atoms with Crippen LogP contribution in [0.4, 0.5) is 14.5 Å². The molecule has 0 aliphatic carbocycles. The van der Waals surface area contributed by atoms with Crippen LogP contribution in [0, 0.1) is 5.82 Å². The van der Waals surface area contributed by atoms with Gasteiger partial charge in [-0.3, -0.25) is 9.48 Å². The number of nitrogens with one attached hydrogen (secondary N) is 1. The van der Waals surface area contributed by atoms with E-state index in [0.717, 1.165) is 11.3 Å². The fourth-order valence-electron chi connectivity index (χ4n) is 3.44. The van der Waals surface area contributed by atoms with Gasteiger partial charge < -0.3 is 15.8 Å². The first-order valence-electron chi connectivity index (χ1n) is 9.59. The molecule has 3 N–H and O–H groups in total. The van der Waals surface area contributed by atoms with Crippen molar-refractivity contribution in [3.05, 3.63) is 52.0 Å². The molecule has 3 aromatic rings. The number of nitrogens with zero attached hydrogens (tertiary/aromatic N) is 3. The van der Waals surface area contributed by atoms with Crippen molar-refractivity contribution in [2.75, 3.05) is 11.9 Å². The summed E-state index contributed by atoms with van der Waals surface area (Å²) in [6.07, 6.45) is 0.750. The molecule has 164 valence electrons. The van der Waals surface area contributed by atoms with E-state index in [1.165, 1.54) is 17.6 Å². The van der Waals surface area contributed by atoms with Crippen LogP contribution in [-0.2, 0) is 11.8 Å². The quantitative estimate of drug-likeness (QED) is 0.602. The maximum Gasteiger partial charge on any atom is 0.275 e. The largest absolute Gasteiger partial charge is 0.369 e. The smallest absolute Gasteiger partial charge is 0.275 e. The molecule has 7 nitrogen and oxygen atoms in total. The fraction of sp³-hybridized carbons (Fsp3) is 0.350. The van der Waals surface area contributed by atoms with Crippen molar-refractivity contribution in [3.63, 3.8) is 0 Å². The predicted octanol–water partition coefficient (Wildman–Crippen LogP) is 4.11. The minimum absolute atomic E-state index is 0.0164. The van der Waals surface area contributed by atoms with Crippen molar-refractivity contribution >= 4 is 34.5 Å². The molecule has 1 aliphatic heterocycles. The Hall–Kier alpha value is -2.40. The number of carbonyl (C=O) groups is 1. The standard InChI is InChI=1S/C20H20ClF2N5O2S/c1-28-18(16-6-5-13(24)12(22)8-30-16)14(7-25-28)26-19(29)15-9-31-20(27-15)10-3-2-4-11(21)17(10)23/h2-4,7,9,12-13,16H,5-6,8,24H2,1H3,(H,26,29)/t12-,13+,16-/m0/s1. The number of hydrogen-bond donors (Lipinski definition) is 2. The first-order chi connectivity index (χ1) is 14.8. The highest BCUT2D eigenvalue weighted by Gasteiger charge is 2.30. The third-order valence-corrected chi connectivity index (χ3v) is 6.31. The zero-order valence-electron chi connectivity index (χ0n) is 16.5. The molecule has 1 saturated heterocycles. The van der Waals surface area contributed by atoms with E-state index >= 15 is 0 Å². The molecule has 2 aromatic heterocycles. The minimum atomic E-state index is -1.24. The third-order valence-electron chi connectivity index (χ3n) is 5.14. The number of amides is 1. The van der Waals surface area contributed by atoms with Gasteiger partial charge in [-0.15, -0.1) is 11.3 Å². The van der Waals surface area contributed by atoms with Crippen LogP contribution in [-0.4, -0.2) is 39.5 Å². The summed E-state index contributed by atoms with van der Waals surface area (Å²) in [6.45, 7) is -0.120. The second-order valence-electron chi connectivity index (χ2n) is 7.24. The van der Waals surface area contributed by atoms with Crippen LogP contribution < -0.4 is 11.1 Å². The number of carbonyl (C=O) groups excluding carboxylic acids is 1. The molecular weight excluding hydrogens is 448 g/mol. The van der Waals surface area contributed by atoms with Crippen molar-refractivity contribution in [1.29, 1.82) is 0 Å². The number of nitrogens with two attached hydrogens (primary N) is 1. The molecule has 0 radical (unpaired) electrons. The van der Waals surface area contributed by atoms with Crippen LogP contribution >= 0.6 is 22.9 Å². The minimum Gasteiger partial charge on any atom is -0.369 e. The molecule has 1 fully saturated rings. The summed E-state index contributed by atoms with van der Waals surface area (Å²) in [5.74, 6) is -1.07. The van der Waals surface area contributed by atoms with E-state index in [-0.39, 0.29) is 22.9 Å². The zero-order valence-corrected chi connectivity index (χ0v) is 18.1. The van der Waals surface area contributed by atoms with E-state index < -0.39 is 30.0 Å². The van der Waals surface area contributed by atoms with Crippen molar-refractivity contribution in [1.82, 2.24) is 14.8 Å². The van der Waals surface area contributed by atoms with E-state index in [4.69, 9.17) is 22.1 Å². The van der Waals surface area contributed by atoms with E-state index in [2.05, 4.69) is 15.4 Å². The van der Waals surface area contributed by atoms with Crippen molar-refractivity contribution in [3.8, 4) is 10.6 Å². The summed E-state index contributed by atoms with van der Waals surface area (Å²) in [4.78, 5) is 17.0. The maximum absolute atomic E-state index is 14.3. The summed E-state index contributed by atoms with van der Waals surface area (Å²) < 4.78 is 35.4. The predicted molar refractivity (Wildman–Crippen MR) is 114 cm³/mol. The van der Waals surface area contributed by atoms with Gasteiger partial charge in [0.1, 0.15) is 23.0 Å². The lowest BCUT2D eigenvalue weighted by molar-refractivity contribution is 0.0247. The van der Waals surface area contributed by atoms with E-state index in [0.29, 0.717) is 29.2 Å². The van der Waals surface area contributed by atoms with Gasteiger partial charge in [0.2, 0.25) is 0 Å². The maximum atomic E-state index is 14.3. The number of aryl methyl sites for hydroxylation is 1. The Kier molecular flexibility index (Phi) is 6.33. The molecule has 1 aliphatic rings. The van der Waals surface area contributed by atoms with E-state index in [1.54, 1.807) is 23.9 Å². The molecule has 3 heterocycles. The lowest BCUT2D eigenvalue weighted by Gasteiger charge is -2.17. The van der Waals surface area contributed by atoms with Gasteiger partial charge in [-0.25, -0.2) is 13.8 Å². The highest BCUT2D eigenvalue weighted by Crippen LogP contribution is 2.33. The Bertz CT molecular complexity index is 1090. The van der Waals surface area contributed by atoms with Crippen molar-refractivity contribution in [2.24, 2.45) is 12.8 Å². The number of anilines is 1. The van der Waals surface area contributed by atoms with Gasteiger partial charge in [0.15, 0.2) is 5.82 Å². The molecule has 1 aromatic carbocycles. The van der Waals surface area contributed by atoms with Crippen LogP contribution in [0.3, 0.4) is 0 Å². The Balaban J connectivity index is 1.54. The number of alkyl halides is 1. The second-order valence-corrected chi connectivity index (χ2v) is 8.50. The monoisotopic (exact) mass is 467 g/mol. The number of hydrogen-bond acceptors (Lipinski definition) is 6. The number of benzene rings is 1. The highest BCUT2D eigenvalue weighted by molar-refractivity contribution is 7.13. The van der Waals surface area contributed by atoms with E-state index in [1.807, 2.05) is 0 Å².